The van der Waals surface area contributed by atoms with Crippen LogP contribution in [0.15, 0.2) is 23.8 Å². The van der Waals surface area contributed by atoms with Crippen molar-refractivity contribution in [3.05, 3.63) is 23.8 Å². The van der Waals surface area contributed by atoms with Gasteiger partial charge in [-0.1, -0.05) is 18.2 Å². The van der Waals surface area contributed by atoms with Gasteiger partial charge in [-0.05, 0) is 30.0 Å². The van der Waals surface area contributed by atoms with Gasteiger partial charge in [-0.25, -0.2) is 4.79 Å². The standard InChI is InChI=1S/C9H9ClO3/c10-8(11)9(12)13-6-7-4-2-1-3-5-7/h2,4-5H,1,3,6H2. The van der Waals surface area contributed by atoms with E-state index in [1.807, 2.05) is 18.2 Å². The summed E-state index contributed by atoms with van der Waals surface area (Å²) >= 11 is 4.90. The molecule has 0 saturated heterocycles. The van der Waals surface area contributed by atoms with E-state index in [0.29, 0.717) is 0 Å². The molecule has 70 valence electrons. The predicted octanol–water partition coefficient (Wildman–Crippen LogP) is 1.57. The molecule has 0 bridgehead atoms. The minimum Gasteiger partial charge on any atom is -0.454 e. The Morgan fingerprint density at radius 1 is 1.46 bits per heavy atom. The highest BCUT2D eigenvalue weighted by atomic mass is 35.5. The molecule has 13 heavy (non-hydrogen) atoms. The summed E-state index contributed by atoms with van der Waals surface area (Å²) in [6, 6.07) is 0. The van der Waals surface area contributed by atoms with Crippen molar-refractivity contribution in [2.45, 2.75) is 12.8 Å². The lowest BCUT2D eigenvalue weighted by Crippen LogP contribution is -2.13. The fourth-order valence-electron chi connectivity index (χ4n) is 0.980. The maximum absolute atomic E-state index is 10.6. The molecule has 1 aliphatic carbocycles. The zero-order valence-corrected chi connectivity index (χ0v) is 7.71. The van der Waals surface area contributed by atoms with Crippen LogP contribution in [0.1, 0.15) is 12.8 Å². The zero-order valence-electron chi connectivity index (χ0n) is 6.96. The number of carbonyl (C=O) groups excluding carboxylic acids is 2. The molecule has 4 heteroatoms. The summed E-state index contributed by atoms with van der Waals surface area (Å²) in [6.45, 7) is 0.119. The van der Waals surface area contributed by atoms with Crippen molar-refractivity contribution in [3.63, 3.8) is 0 Å². The third-order valence-corrected chi connectivity index (χ3v) is 1.76. The molecule has 0 aromatic carbocycles. The summed E-state index contributed by atoms with van der Waals surface area (Å²) in [5.74, 6) is -0.999. The van der Waals surface area contributed by atoms with Gasteiger partial charge in [0.15, 0.2) is 0 Å². The van der Waals surface area contributed by atoms with E-state index in [9.17, 15) is 9.59 Å². The van der Waals surface area contributed by atoms with Crippen LogP contribution >= 0.6 is 11.6 Å². The number of hydrogen-bond acceptors (Lipinski definition) is 3. The Labute approximate surface area is 81.0 Å². The van der Waals surface area contributed by atoms with E-state index in [1.54, 1.807) is 0 Å². The summed E-state index contributed by atoms with van der Waals surface area (Å²) in [5, 5.41) is -1.08. The number of allylic oxidation sites excluding steroid dienone is 2. The topological polar surface area (TPSA) is 43.4 Å². The second kappa shape index (κ2) is 4.82. The highest BCUT2D eigenvalue weighted by Crippen LogP contribution is 2.09. The highest BCUT2D eigenvalue weighted by Gasteiger charge is 2.11. The smallest absolute Gasteiger partial charge is 0.391 e. The van der Waals surface area contributed by atoms with Crippen molar-refractivity contribution in [2.24, 2.45) is 0 Å². The number of halogens is 1. The molecule has 0 atom stereocenters. The van der Waals surface area contributed by atoms with Gasteiger partial charge in [0.1, 0.15) is 6.61 Å². The van der Waals surface area contributed by atoms with Crippen LogP contribution in [0.5, 0.6) is 0 Å². The van der Waals surface area contributed by atoms with E-state index in [0.717, 1.165) is 18.4 Å². The Balaban J connectivity index is 2.34. The molecule has 0 heterocycles. The SMILES string of the molecule is O=C(Cl)C(=O)OCC1=CCCC=C1. The lowest BCUT2D eigenvalue weighted by atomic mass is 10.1. The van der Waals surface area contributed by atoms with Crippen LogP contribution in [-0.4, -0.2) is 17.8 Å². The van der Waals surface area contributed by atoms with Crippen LogP contribution in [0.4, 0.5) is 0 Å². The maximum atomic E-state index is 10.6. The maximum Gasteiger partial charge on any atom is 0.391 e. The van der Waals surface area contributed by atoms with Gasteiger partial charge in [0.05, 0.1) is 0 Å². The molecule has 1 aliphatic rings. The molecule has 0 saturated carbocycles. The van der Waals surface area contributed by atoms with E-state index in [2.05, 4.69) is 4.74 Å². The van der Waals surface area contributed by atoms with Crippen molar-refractivity contribution in [1.82, 2.24) is 0 Å². The van der Waals surface area contributed by atoms with Gasteiger partial charge in [-0.3, -0.25) is 4.79 Å². The number of carbonyl (C=O) groups is 2. The zero-order chi connectivity index (χ0) is 9.68. The summed E-state index contributed by atoms with van der Waals surface area (Å²) in [6.07, 6.45) is 7.78. The molecule has 1 rings (SSSR count). The molecular formula is C9H9ClO3. The van der Waals surface area contributed by atoms with Crippen molar-refractivity contribution < 1.29 is 14.3 Å². The molecule has 0 aromatic rings. The van der Waals surface area contributed by atoms with Crippen molar-refractivity contribution in [1.29, 1.82) is 0 Å². The van der Waals surface area contributed by atoms with Gasteiger partial charge < -0.3 is 4.74 Å². The normalized spacial score (nSPS) is 15.0. The number of ether oxygens (including phenoxy) is 1. The van der Waals surface area contributed by atoms with Gasteiger partial charge in [-0.2, -0.15) is 0 Å². The van der Waals surface area contributed by atoms with Crippen LogP contribution in [-0.2, 0) is 14.3 Å². The first kappa shape index (κ1) is 9.99. The molecule has 0 fully saturated rings. The number of hydrogen-bond donors (Lipinski definition) is 0. The average Bonchev–Trinajstić information content (AvgIpc) is 2.15. The van der Waals surface area contributed by atoms with Crippen LogP contribution in [0.2, 0.25) is 0 Å². The Morgan fingerprint density at radius 3 is 2.77 bits per heavy atom. The predicted molar refractivity (Wildman–Crippen MR) is 48.3 cm³/mol. The molecule has 0 spiro atoms. The fraction of sp³-hybridized carbons (Fsp3) is 0.333. The van der Waals surface area contributed by atoms with Crippen LogP contribution < -0.4 is 0 Å². The van der Waals surface area contributed by atoms with Crippen molar-refractivity contribution in [3.8, 4) is 0 Å². The van der Waals surface area contributed by atoms with Gasteiger partial charge in [-0.15, -0.1) is 0 Å². The summed E-state index contributed by atoms with van der Waals surface area (Å²) < 4.78 is 4.60. The van der Waals surface area contributed by atoms with Crippen molar-refractivity contribution in [2.75, 3.05) is 6.61 Å². The third-order valence-electron chi connectivity index (χ3n) is 1.60. The molecular weight excluding hydrogens is 192 g/mol. The quantitative estimate of drug-likeness (QED) is 0.395. The Hall–Kier alpha value is -1.09. The van der Waals surface area contributed by atoms with E-state index < -0.39 is 11.2 Å². The van der Waals surface area contributed by atoms with Gasteiger partial charge in [0, 0.05) is 0 Å². The lowest BCUT2D eigenvalue weighted by molar-refractivity contribution is -0.149. The Kier molecular flexibility index (Phi) is 3.71. The molecule has 0 radical (unpaired) electrons. The Morgan fingerprint density at radius 2 is 2.23 bits per heavy atom. The van der Waals surface area contributed by atoms with Gasteiger partial charge in [0.2, 0.25) is 0 Å². The van der Waals surface area contributed by atoms with Gasteiger partial charge in [0.25, 0.3) is 0 Å². The molecule has 0 unspecified atom stereocenters. The summed E-state index contributed by atoms with van der Waals surface area (Å²) in [4.78, 5) is 20.9. The summed E-state index contributed by atoms with van der Waals surface area (Å²) in [7, 11) is 0. The second-order valence-electron chi connectivity index (χ2n) is 2.61. The Bertz CT molecular complexity index is 279. The van der Waals surface area contributed by atoms with E-state index in [1.165, 1.54) is 0 Å². The monoisotopic (exact) mass is 200 g/mol. The van der Waals surface area contributed by atoms with E-state index >= 15 is 0 Å². The number of rotatable bonds is 3. The second-order valence-corrected chi connectivity index (χ2v) is 2.95. The van der Waals surface area contributed by atoms with Crippen LogP contribution in [0.25, 0.3) is 0 Å². The van der Waals surface area contributed by atoms with Crippen LogP contribution in [0, 0.1) is 0 Å². The molecule has 0 amide bonds. The van der Waals surface area contributed by atoms with Crippen molar-refractivity contribution >= 4 is 22.8 Å². The first-order valence-electron chi connectivity index (χ1n) is 3.92. The molecule has 0 aromatic heterocycles. The van der Waals surface area contributed by atoms with E-state index in [-0.39, 0.29) is 6.61 Å². The lowest BCUT2D eigenvalue weighted by Gasteiger charge is -2.06. The highest BCUT2D eigenvalue weighted by molar-refractivity contribution is 6.80. The minimum absolute atomic E-state index is 0.119. The van der Waals surface area contributed by atoms with Crippen LogP contribution in [0.3, 0.4) is 0 Å². The number of esters is 1. The average molecular weight is 201 g/mol. The molecule has 0 aliphatic heterocycles. The first-order valence-corrected chi connectivity index (χ1v) is 4.30. The third kappa shape index (κ3) is 3.42. The fourth-order valence-corrected chi connectivity index (χ4v) is 1.03. The van der Waals surface area contributed by atoms with Gasteiger partial charge >= 0.3 is 11.2 Å². The van der Waals surface area contributed by atoms with E-state index in [4.69, 9.17) is 11.6 Å². The minimum atomic E-state index is -1.08. The largest absolute Gasteiger partial charge is 0.454 e. The molecule has 3 nitrogen and oxygen atoms in total. The molecule has 0 N–H and O–H groups in total. The summed E-state index contributed by atoms with van der Waals surface area (Å²) in [5.41, 5.74) is 0.900. The first-order chi connectivity index (χ1) is 6.20.